The average molecular weight is 173 g/mol. The van der Waals surface area contributed by atoms with Crippen LogP contribution in [0.4, 0.5) is 0 Å². The van der Waals surface area contributed by atoms with Crippen LogP contribution >= 0.6 is 7.82 Å². The van der Waals surface area contributed by atoms with Gasteiger partial charge in [-0.25, -0.2) is 4.57 Å². The third-order valence-corrected chi connectivity index (χ3v) is 0. The summed E-state index contributed by atoms with van der Waals surface area (Å²) >= 11 is 1.06. The van der Waals surface area contributed by atoms with Gasteiger partial charge in [-0.2, -0.15) is 0 Å². The number of rotatable bonds is 0. The van der Waals surface area contributed by atoms with E-state index in [1.54, 1.807) is 0 Å². The molecule has 0 radical (unpaired) electrons. The Labute approximate surface area is 68.6 Å². The van der Waals surface area contributed by atoms with E-state index in [9.17, 15) is 0 Å². The molecule has 0 fully saturated rings. The molecule has 0 aromatic heterocycles. The van der Waals surface area contributed by atoms with Crippen molar-refractivity contribution in [3.8, 4) is 0 Å². The van der Waals surface area contributed by atoms with Crippen LogP contribution in [0, 0.1) is 0 Å². The number of hydrogen-bond donors (Lipinski definition) is 3. The van der Waals surface area contributed by atoms with E-state index in [4.69, 9.17) is 22.9 Å². The van der Waals surface area contributed by atoms with Crippen molar-refractivity contribution in [3.63, 3.8) is 0 Å². The van der Waals surface area contributed by atoms with Crippen LogP contribution in [0.3, 0.4) is 0 Å². The Bertz CT molecular complexity index is 72.8. The van der Waals surface area contributed by atoms with E-state index < -0.39 is 7.82 Å². The molecule has 0 aliphatic heterocycles. The number of phosphoric acid groups is 1. The van der Waals surface area contributed by atoms with Crippen molar-refractivity contribution in [1.29, 1.82) is 0 Å². The van der Waals surface area contributed by atoms with Crippen LogP contribution in [0.15, 0.2) is 0 Å². The fraction of sp³-hybridized carbons (Fsp3) is 0. The zero-order valence-corrected chi connectivity index (χ0v) is 6.34. The first-order chi connectivity index (χ1) is 3.00. The molecule has 5 nitrogen and oxygen atoms in total. The van der Waals surface area contributed by atoms with Gasteiger partial charge in [-0.3, -0.25) is 0 Å². The fourth-order valence-electron chi connectivity index (χ4n) is 0. The summed E-state index contributed by atoms with van der Waals surface area (Å²) in [5, 5.41) is 0. The maximum absolute atomic E-state index is 8.88. The SMILES string of the molecule is O=P(O)(O)O.[H-].[Li+].[O]=[V]. The minimum atomic E-state index is -4.64. The average Bonchev–Trinajstić information content (AvgIpc) is 1.36. The Kier molecular flexibility index (Phi) is 16.2. The topological polar surface area (TPSA) is 94.8 Å². The summed E-state index contributed by atoms with van der Waals surface area (Å²) in [6.45, 7) is 0. The van der Waals surface area contributed by atoms with Crippen LogP contribution in [0.1, 0.15) is 1.43 Å². The molecule has 0 heterocycles. The summed E-state index contributed by atoms with van der Waals surface area (Å²) in [6, 6.07) is 0. The monoisotopic (exact) mass is 173 g/mol. The summed E-state index contributed by atoms with van der Waals surface area (Å²) in [4.78, 5) is 21.6. The molecule has 0 saturated carbocycles. The van der Waals surface area contributed by atoms with Crippen LogP contribution in [0.25, 0.3) is 0 Å². The maximum atomic E-state index is 8.88. The summed E-state index contributed by atoms with van der Waals surface area (Å²) < 4.78 is 17.1. The molecule has 0 aromatic carbocycles. The van der Waals surface area contributed by atoms with E-state index in [-0.39, 0.29) is 20.3 Å². The Balaban J connectivity index is -0.0000000286. The summed E-state index contributed by atoms with van der Waals surface area (Å²) in [5.41, 5.74) is 0. The predicted molar refractivity (Wildman–Crippen MR) is 16.1 cm³/mol. The standard InChI is InChI=1S/Li.H3O4P.O.V.H/c;1-5(2,3)4;;;/h;(H3,1,2,3,4);;;/q+1;;;;-1. The molecule has 0 rings (SSSR count). The van der Waals surface area contributed by atoms with E-state index in [0.29, 0.717) is 0 Å². The van der Waals surface area contributed by atoms with Crippen LogP contribution in [-0.2, 0) is 25.6 Å². The Hall–Kier alpha value is 1.09. The van der Waals surface area contributed by atoms with Gasteiger partial charge in [-0.15, -0.1) is 0 Å². The van der Waals surface area contributed by atoms with Crippen molar-refractivity contribution in [1.82, 2.24) is 0 Å². The first kappa shape index (κ1) is 16.0. The molecule has 0 amide bonds. The second kappa shape index (κ2) is 8.09. The molecule has 3 N–H and O–H groups in total. The molecule has 0 atom stereocenters. The molecule has 0 aromatic rings. The molecule has 0 aliphatic rings. The van der Waals surface area contributed by atoms with Gasteiger partial charge in [0.1, 0.15) is 0 Å². The molecule has 0 unspecified atom stereocenters. The van der Waals surface area contributed by atoms with Crippen LogP contribution in [0.5, 0.6) is 0 Å². The Morgan fingerprint density at radius 1 is 1.25 bits per heavy atom. The van der Waals surface area contributed by atoms with Gasteiger partial charge in [0.05, 0.1) is 0 Å². The number of hydrogen-bond acceptors (Lipinski definition) is 2. The van der Waals surface area contributed by atoms with E-state index in [1.165, 1.54) is 0 Å². The summed E-state index contributed by atoms with van der Waals surface area (Å²) in [7, 11) is -4.64. The van der Waals surface area contributed by atoms with Gasteiger partial charge in [0.25, 0.3) is 0 Å². The molecule has 8 heteroatoms. The minimum absolute atomic E-state index is 0. The first-order valence-corrected chi connectivity index (χ1v) is 3.10. The van der Waals surface area contributed by atoms with Crippen molar-refractivity contribution in [2.45, 2.75) is 0 Å². The Morgan fingerprint density at radius 3 is 1.25 bits per heavy atom. The Morgan fingerprint density at radius 2 is 1.25 bits per heavy atom. The molecule has 0 saturated heterocycles. The van der Waals surface area contributed by atoms with Gasteiger partial charge in [0.15, 0.2) is 0 Å². The van der Waals surface area contributed by atoms with Gasteiger partial charge in [0.2, 0.25) is 0 Å². The van der Waals surface area contributed by atoms with E-state index in [0.717, 1.165) is 17.4 Å². The van der Waals surface area contributed by atoms with Gasteiger partial charge >= 0.3 is 47.7 Å². The fourth-order valence-corrected chi connectivity index (χ4v) is 0. The summed E-state index contributed by atoms with van der Waals surface area (Å²) in [6.07, 6.45) is 0. The van der Waals surface area contributed by atoms with Crippen molar-refractivity contribution < 1.29 is 60.6 Å². The third-order valence-electron chi connectivity index (χ3n) is 0. The van der Waals surface area contributed by atoms with Crippen LogP contribution in [0.2, 0.25) is 0 Å². The van der Waals surface area contributed by atoms with E-state index in [1.807, 2.05) is 0 Å². The van der Waals surface area contributed by atoms with Crippen molar-refractivity contribution in [2.75, 3.05) is 0 Å². The quantitative estimate of drug-likeness (QED) is 0.257. The van der Waals surface area contributed by atoms with Gasteiger partial charge in [-0.05, 0) is 0 Å². The molecule has 0 aliphatic carbocycles. The first-order valence-electron chi connectivity index (χ1n) is 0.965. The van der Waals surface area contributed by atoms with Gasteiger partial charge in [0, 0.05) is 0 Å². The molecule has 45 valence electrons. The van der Waals surface area contributed by atoms with E-state index >= 15 is 0 Å². The third kappa shape index (κ3) is 221. The zero-order valence-electron chi connectivity index (χ0n) is 5.05. The normalized spacial score (nSPS) is 7.75. The molecular formula is H4LiO5PV. The molecule has 0 spiro atoms. The predicted octanol–water partition coefficient (Wildman–Crippen LogP) is -3.93. The molecular weight excluding hydrogens is 169 g/mol. The van der Waals surface area contributed by atoms with Crippen molar-refractivity contribution >= 4 is 7.82 Å². The zero-order chi connectivity index (χ0) is 6.50. The van der Waals surface area contributed by atoms with E-state index in [2.05, 4.69) is 0 Å². The van der Waals surface area contributed by atoms with Crippen LogP contribution < -0.4 is 18.9 Å². The molecule has 0 bridgehead atoms. The second-order valence-corrected chi connectivity index (χ2v) is 1.54. The second-order valence-electron chi connectivity index (χ2n) is 0.513. The van der Waals surface area contributed by atoms with Crippen molar-refractivity contribution in [2.24, 2.45) is 0 Å². The van der Waals surface area contributed by atoms with Gasteiger partial charge < -0.3 is 16.1 Å². The molecule has 8 heavy (non-hydrogen) atoms. The van der Waals surface area contributed by atoms with Gasteiger partial charge in [-0.1, -0.05) is 0 Å². The van der Waals surface area contributed by atoms with Crippen LogP contribution in [-0.4, -0.2) is 14.7 Å². The van der Waals surface area contributed by atoms with Crippen molar-refractivity contribution in [3.05, 3.63) is 0 Å². The summed E-state index contributed by atoms with van der Waals surface area (Å²) in [5.74, 6) is 0.